The molecule has 1 heterocycles. The van der Waals surface area contributed by atoms with Crippen LogP contribution in [0.25, 0.3) is 0 Å². The minimum Gasteiger partial charge on any atom is -0.484 e. The molecule has 0 aliphatic carbocycles. The van der Waals surface area contributed by atoms with Crippen LogP contribution in [0.4, 0.5) is 4.39 Å². The molecule has 1 aliphatic rings. The Morgan fingerprint density at radius 3 is 2.30 bits per heavy atom. The van der Waals surface area contributed by atoms with Crippen molar-refractivity contribution >= 4 is 11.8 Å². The number of benzene rings is 2. The largest absolute Gasteiger partial charge is 0.484 e. The van der Waals surface area contributed by atoms with E-state index in [-0.39, 0.29) is 30.3 Å². The first-order valence-corrected chi connectivity index (χ1v) is 10.1. The fourth-order valence-electron chi connectivity index (χ4n) is 3.54. The molecule has 30 heavy (non-hydrogen) atoms. The lowest BCUT2D eigenvalue weighted by molar-refractivity contribution is -0.139. The highest BCUT2D eigenvalue weighted by Crippen LogP contribution is 2.13. The third-order valence-corrected chi connectivity index (χ3v) is 5.39. The Kier molecular flexibility index (Phi) is 7.41. The van der Waals surface area contributed by atoms with E-state index >= 15 is 0 Å². The van der Waals surface area contributed by atoms with Crippen molar-refractivity contribution in [3.63, 3.8) is 0 Å². The highest BCUT2D eigenvalue weighted by Gasteiger charge is 2.29. The topological polar surface area (TPSA) is 53.1 Å². The molecule has 1 fully saturated rings. The molecule has 2 aromatic rings. The fraction of sp³-hybridized carbons (Fsp3) is 0.391. The number of hydrogen-bond acceptors (Lipinski definition) is 4. The van der Waals surface area contributed by atoms with E-state index in [1.807, 2.05) is 44.3 Å². The summed E-state index contributed by atoms with van der Waals surface area (Å²) in [5.41, 5.74) is 1.09. The van der Waals surface area contributed by atoms with Gasteiger partial charge in [0.05, 0.1) is 6.04 Å². The highest BCUT2D eigenvalue weighted by molar-refractivity contribution is 5.81. The Morgan fingerprint density at radius 2 is 1.67 bits per heavy atom. The number of halogens is 1. The van der Waals surface area contributed by atoms with Gasteiger partial charge < -0.3 is 14.5 Å². The maximum Gasteiger partial charge on any atom is 0.260 e. The lowest BCUT2D eigenvalue weighted by Crippen LogP contribution is -2.55. The van der Waals surface area contributed by atoms with E-state index in [2.05, 4.69) is 4.90 Å². The van der Waals surface area contributed by atoms with Gasteiger partial charge in [0.1, 0.15) is 11.6 Å². The van der Waals surface area contributed by atoms with Crippen molar-refractivity contribution in [2.75, 3.05) is 39.8 Å². The SMILES string of the molecule is CC(C(=O)N(C)Cc1ccccc1)N1CCN(C(=O)COc2ccc(F)cc2)CC1. The van der Waals surface area contributed by atoms with Crippen LogP contribution in [0.5, 0.6) is 5.75 Å². The van der Waals surface area contributed by atoms with Crippen molar-refractivity contribution in [3.05, 3.63) is 66.0 Å². The second-order valence-corrected chi connectivity index (χ2v) is 7.52. The van der Waals surface area contributed by atoms with Crippen molar-refractivity contribution in [3.8, 4) is 5.75 Å². The van der Waals surface area contributed by atoms with E-state index in [9.17, 15) is 14.0 Å². The van der Waals surface area contributed by atoms with Gasteiger partial charge in [-0.2, -0.15) is 0 Å². The Morgan fingerprint density at radius 1 is 1.03 bits per heavy atom. The number of carbonyl (C=O) groups excluding carboxylic acids is 2. The summed E-state index contributed by atoms with van der Waals surface area (Å²) >= 11 is 0. The second-order valence-electron chi connectivity index (χ2n) is 7.52. The van der Waals surface area contributed by atoms with E-state index in [0.717, 1.165) is 5.56 Å². The quantitative estimate of drug-likeness (QED) is 0.700. The molecule has 3 rings (SSSR count). The maximum atomic E-state index is 12.9. The summed E-state index contributed by atoms with van der Waals surface area (Å²) in [6, 6.07) is 15.3. The van der Waals surface area contributed by atoms with Gasteiger partial charge in [0, 0.05) is 39.8 Å². The lowest BCUT2D eigenvalue weighted by atomic mass is 10.1. The summed E-state index contributed by atoms with van der Waals surface area (Å²) in [5.74, 6) is 0.0735. The summed E-state index contributed by atoms with van der Waals surface area (Å²) in [4.78, 5) is 30.8. The zero-order valence-electron chi connectivity index (χ0n) is 17.5. The second kappa shape index (κ2) is 10.2. The first-order chi connectivity index (χ1) is 14.4. The Bertz CT molecular complexity index is 837. The number of ether oxygens (including phenoxy) is 1. The van der Waals surface area contributed by atoms with Gasteiger partial charge in [-0.1, -0.05) is 30.3 Å². The molecule has 0 radical (unpaired) electrons. The third kappa shape index (κ3) is 5.79. The number of carbonyl (C=O) groups is 2. The average Bonchev–Trinajstić information content (AvgIpc) is 2.78. The van der Waals surface area contributed by atoms with Crippen molar-refractivity contribution in [2.24, 2.45) is 0 Å². The molecule has 0 saturated carbocycles. The number of piperazine rings is 1. The number of likely N-dealkylation sites (N-methyl/N-ethyl adjacent to an activating group) is 1. The van der Waals surface area contributed by atoms with Crippen LogP contribution < -0.4 is 4.74 Å². The number of amides is 2. The zero-order valence-corrected chi connectivity index (χ0v) is 17.5. The number of hydrogen-bond donors (Lipinski definition) is 0. The van der Waals surface area contributed by atoms with Crippen LogP contribution in [0.2, 0.25) is 0 Å². The Hall–Kier alpha value is -2.93. The van der Waals surface area contributed by atoms with Crippen LogP contribution in [0.3, 0.4) is 0 Å². The van der Waals surface area contributed by atoms with Crippen LogP contribution >= 0.6 is 0 Å². The Labute approximate surface area is 176 Å². The van der Waals surface area contributed by atoms with E-state index in [1.54, 1.807) is 9.80 Å². The van der Waals surface area contributed by atoms with Gasteiger partial charge >= 0.3 is 0 Å². The number of rotatable bonds is 7. The first kappa shape index (κ1) is 21.8. The molecular formula is C23H28FN3O3. The van der Waals surface area contributed by atoms with Crippen LogP contribution in [0.15, 0.2) is 54.6 Å². The molecule has 2 aromatic carbocycles. The molecule has 160 valence electrons. The van der Waals surface area contributed by atoms with Gasteiger partial charge in [-0.25, -0.2) is 4.39 Å². The predicted molar refractivity (Wildman–Crippen MR) is 112 cm³/mol. The van der Waals surface area contributed by atoms with Crippen molar-refractivity contribution in [2.45, 2.75) is 19.5 Å². The van der Waals surface area contributed by atoms with Crippen LogP contribution in [0.1, 0.15) is 12.5 Å². The van der Waals surface area contributed by atoms with Gasteiger partial charge in [-0.05, 0) is 36.8 Å². The van der Waals surface area contributed by atoms with Gasteiger partial charge in [-0.3, -0.25) is 14.5 Å². The molecule has 6 nitrogen and oxygen atoms in total. The molecule has 1 saturated heterocycles. The smallest absolute Gasteiger partial charge is 0.260 e. The van der Waals surface area contributed by atoms with E-state index in [0.29, 0.717) is 38.5 Å². The molecule has 1 unspecified atom stereocenters. The monoisotopic (exact) mass is 413 g/mol. The third-order valence-electron chi connectivity index (χ3n) is 5.39. The van der Waals surface area contributed by atoms with Gasteiger partial charge in [0.25, 0.3) is 5.91 Å². The minimum atomic E-state index is -0.345. The summed E-state index contributed by atoms with van der Waals surface area (Å²) in [6.45, 7) is 4.77. The summed E-state index contributed by atoms with van der Waals surface area (Å²) in [6.07, 6.45) is 0. The molecular weight excluding hydrogens is 385 g/mol. The van der Waals surface area contributed by atoms with Gasteiger partial charge in [-0.15, -0.1) is 0 Å². The van der Waals surface area contributed by atoms with Gasteiger partial charge in [0.2, 0.25) is 5.91 Å². The zero-order chi connectivity index (χ0) is 21.5. The molecule has 1 aliphatic heterocycles. The molecule has 0 aromatic heterocycles. The molecule has 1 atom stereocenters. The minimum absolute atomic E-state index is 0.0678. The van der Waals surface area contributed by atoms with Crippen LogP contribution in [-0.2, 0) is 16.1 Å². The van der Waals surface area contributed by atoms with E-state index in [4.69, 9.17) is 4.74 Å². The molecule has 2 amide bonds. The normalized spacial score (nSPS) is 15.5. The maximum absolute atomic E-state index is 12.9. The molecule has 0 bridgehead atoms. The number of nitrogens with zero attached hydrogens (tertiary/aromatic N) is 3. The standard InChI is InChI=1S/C23H28FN3O3/c1-18(23(29)25(2)16-19-6-4-3-5-7-19)26-12-14-27(15-13-26)22(28)17-30-21-10-8-20(24)9-11-21/h3-11,18H,12-17H2,1-2H3. The summed E-state index contributed by atoms with van der Waals surface area (Å²) in [5, 5.41) is 0. The highest BCUT2D eigenvalue weighted by atomic mass is 19.1. The van der Waals surface area contributed by atoms with Crippen LogP contribution in [0, 0.1) is 5.82 Å². The molecule has 0 spiro atoms. The molecule has 7 heteroatoms. The average molecular weight is 413 g/mol. The summed E-state index contributed by atoms with van der Waals surface area (Å²) < 4.78 is 18.4. The first-order valence-electron chi connectivity index (χ1n) is 10.1. The Balaban J connectivity index is 1.44. The summed E-state index contributed by atoms with van der Waals surface area (Å²) in [7, 11) is 1.82. The fourth-order valence-corrected chi connectivity index (χ4v) is 3.54. The van der Waals surface area contributed by atoms with E-state index in [1.165, 1.54) is 24.3 Å². The predicted octanol–water partition coefficient (Wildman–Crippen LogP) is 2.40. The van der Waals surface area contributed by atoms with Gasteiger partial charge in [0.15, 0.2) is 6.61 Å². The van der Waals surface area contributed by atoms with E-state index < -0.39 is 0 Å². The van der Waals surface area contributed by atoms with Crippen molar-refractivity contribution < 1.29 is 18.7 Å². The van der Waals surface area contributed by atoms with Crippen molar-refractivity contribution in [1.82, 2.24) is 14.7 Å². The lowest BCUT2D eigenvalue weighted by Gasteiger charge is -2.38. The van der Waals surface area contributed by atoms with Crippen LogP contribution in [-0.4, -0.2) is 72.4 Å². The molecule has 0 N–H and O–H groups in total. The van der Waals surface area contributed by atoms with Crippen molar-refractivity contribution in [1.29, 1.82) is 0 Å².